The van der Waals surface area contributed by atoms with Gasteiger partial charge in [0, 0.05) is 32.6 Å². The molecule has 0 atom stereocenters. The van der Waals surface area contributed by atoms with E-state index in [1.54, 1.807) is 50.2 Å². The molecule has 0 unspecified atom stereocenters. The maximum atomic E-state index is 12.5. The summed E-state index contributed by atoms with van der Waals surface area (Å²) in [5.74, 6) is -0.568. The van der Waals surface area contributed by atoms with E-state index in [1.807, 2.05) is 12.1 Å². The van der Waals surface area contributed by atoms with Gasteiger partial charge in [-0.05, 0) is 36.2 Å². The van der Waals surface area contributed by atoms with Crippen molar-refractivity contribution in [1.29, 1.82) is 0 Å². The molecule has 0 aliphatic heterocycles. The zero-order valence-electron chi connectivity index (χ0n) is 17.7. The van der Waals surface area contributed by atoms with Crippen LogP contribution in [0, 0.1) is 0 Å². The van der Waals surface area contributed by atoms with Crippen LogP contribution >= 0.6 is 0 Å². The molecule has 0 spiro atoms. The van der Waals surface area contributed by atoms with Crippen LogP contribution in [-0.4, -0.2) is 36.3 Å². The molecule has 0 saturated carbocycles. The third kappa shape index (κ3) is 5.23. The minimum Gasteiger partial charge on any atom is -0.408 e. The second-order valence-corrected chi connectivity index (χ2v) is 9.04. The number of fused-ring (bicyclic) bond motifs is 1. The molecule has 1 heterocycles. The van der Waals surface area contributed by atoms with Crippen LogP contribution in [0.3, 0.4) is 0 Å². The first-order valence-electron chi connectivity index (χ1n) is 10.3. The molecule has 0 bridgehead atoms. The van der Waals surface area contributed by atoms with Crippen LogP contribution in [0.4, 0.5) is 0 Å². The molecular weight excluding hydrogens is 418 g/mol. The fraction of sp³-hybridized carbons (Fsp3) is 0.364. The predicted octanol–water partition coefficient (Wildman–Crippen LogP) is 2.72. The number of hydrogen-bond donors (Lipinski definition) is 1. The maximum Gasteiger partial charge on any atom is 0.419 e. The lowest BCUT2D eigenvalue weighted by atomic mass is 10.2. The van der Waals surface area contributed by atoms with E-state index in [0.29, 0.717) is 43.7 Å². The van der Waals surface area contributed by atoms with E-state index in [1.165, 1.54) is 8.87 Å². The van der Waals surface area contributed by atoms with Crippen LogP contribution in [-0.2, 0) is 27.9 Å². The van der Waals surface area contributed by atoms with E-state index in [2.05, 4.69) is 5.32 Å². The number of benzene rings is 2. The third-order valence-corrected chi connectivity index (χ3v) is 7.18. The van der Waals surface area contributed by atoms with E-state index < -0.39 is 15.8 Å². The molecule has 3 aromatic rings. The Kier molecular flexibility index (Phi) is 7.29. The highest BCUT2D eigenvalue weighted by atomic mass is 32.2. The fourth-order valence-electron chi connectivity index (χ4n) is 3.40. The number of sulfonamides is 1. The van der Waals surface area contributed by atoms with Gasteiger partial charge in [-0.25, -0.2) is 13.2 Å². The molecule has 2 aromatic carbocycles. The van der Waals surface area contributed by atoms with Crippen molar-refractivity contribution in [1.82, 2.24) is 14.2 Å². The molecule has 1 amide bonds. The molecule has 0 saturated heterocycles. The zero-order chi connectivity index (χ0) is 22.4. The Morgan fingerprint density at radius 2 is 1.74 bits per heavy atom. The summed E-state index contributed by atoms with van der Waals surface area (Å²) in [5, 5.41) is 2.82. The van der Waals surface area contributed by atoms with Gasteiger partial charge in [-0.1, -0.05) is 38.1 Å². The molecule has 1 N–H and O–H groups in total. The fourth-order valence-corrected chi connectivity index (χ4v) is 4.86. The summed E-state index contributed by atoms with van der Waals surface area (Å²) in [5.41, 5.74) is 2.06. The second-order valence-electron chi connectivity index (χ2n) is 7.10. The minimum absolute atomic E-state index is 0.138. The van der Waals surface area contributed by atoms with Gasteiger partial charge in [0.2, 0.25) is 15.9 Å². The first-order chi connectivity index (χ1) is 14.9. The van der Waals surface area contributed by atoms with E-state index in [4.69, 9.17) is 4.42 Å². The first kappa shape index (κ1) is 22.8. The summed E-state index contributed by atoms with van der Waals surface area (Å²) in [6.07, 6.45) is 0.761. The number of aryl methyl sites for hydroxylation is 1. The Morgan fingerprint density at radius 3 is 2.42 bits per heavy atom. The molecule has 0 fully saturated rings. The SMILES string of the molecule is CCN(CC)S(=O)(=O)c1ccc(CNC(=O)CCCn2c(=O)oc3ccccc32)cc1. The van der Waals surface area contributed by atoms with Gasteiger partial charge in [0.05, 0.1) is 10.4 Å². The van der Waals surface area contributed by atoms with E-state index in [9.17, 15) is 18.0 Å². The second kappa shape index (κ2) is 9.93. The number of oxazole rings is 1. The summed E-state index contributed by atoms with van der Waals surface area (Å²) in [6, 6.07) is 13.7. The van der Waals surface area contributed by atoms with Crippen molar-refractivity contribution in [2.24, 2.45) is 0 Å². The average molecular weight is 446 g/mol. The number of aromatic nitrogens is 1. The van der Waals surface area contributed by atoms with Crippen molar-refractivity contribution in [2.45, 2.75) is 44.7 Å². The normalized spacial score (nSPS) is 11.8. The van der Waals surface area contributed by atoms with Crippen LogP contribution in [0.2, 0.25) is 0 Å². The largest absolute Gasteiger partial charge is 0.419 e. The smallest absolute Gasteiger partial charge is 0.408 e. The van der Waals surface area contributed by atoms with Crippen LogP contribution in [0.15, 0.2) is 62.6 Å². The van der Waals surface area contributed by atoms with Crippen LogP contribution in [0.5, 0.6) is 0 Å². The molecule has 9 heteroatoms. The minimum atomic E-state index is -3.49. The lowest BCUT2D eigenvalue weighted by Gasteiger charge is -2.18. The number of carbonyl (C=O) groups is 1. The summed E-state index contributed by atoms with van der Waals surface area (Å²) < 4.78 is 33.1. The van der Waals surface area contributed by atoms with Gasteiger partial charge < -0.3 is 9.73 Å². The predicted molar refractivity (Wildman–Crippen MR) is 118 cm³/mol. The van der Waals surface area contributed by atoms with Crippen molar-refractivity contribution in [2.75, 3.05) is 13.1 Å². The molecule has 0 radical (unpaired) electrons. The molecule has 8 nitrogen and oxygen atoms in total. The van der Waals surface area contributed by atoms with Crippen molar-refractivity contribution in [3.8, 4) is 0 Å². The first-order valence-corrected chi connectivity index (χ1v) is 11.7. The summed E-state index contributed by atoms with van der Waals surface area (Å²) in [6.45, 7) is 5.13. The Morgan fingerprint density at radius 1 is 1.06 bits per heavy atom. The van der Waals surface area contributed by atoms with E-state index in [0.717, 1.165) is 5.56 Å². The van der Waals surface area contributed by atoms with E-state index >= 15 is 0 Å². The number of hydrogen-bond acceptors (Lipinski definition) is 5. The lowest BCUT2D eigenvalue weighted by molar-refractivity contribution is -0.121. The van der Waals surface area contributed by atoms with Crippen molar-refractivity contribution < 1.29 is 17.6 Å². The number of nitrogens with zero attached hydrogens (tertiary/aromatic N) is 2. The third-order valence-electron chi connectivity index (χ3n) is 5.12. The lowest BCUT2D eigenvalue weighted by Crippen LogP contribution is -2.30. The summed E-state index contributed by atoms with van der Waals surface area (Å²) >= 11 is 0. The van der Waals surface area contributed by atoms with E-state index in [-0.39, 0.29) is 17.2 Å². The summed E-state index contributed by atoms with van der Waals surface area (Å²) in [4.78, 5) is 24.4. The van der Waals surface area contributed by atoms with Gasteiger partial charge in [0.1, 0.15) is 0 Å². The Bertz CT molecular complexity index is 1190. The number of carbonyl (C=O) groups excluding carboxylic acids is 1. The quantitative estimate of drug-likeness (QED) is 0.517. The van der Waals surface area contributed by atoms with Gasteiger partial charge in [0.25, 0.3) is 0 Å². The van der Waals surface area contributed by atoms with Crippen molar-refractivity contribution >= 4 is 27.0 Å². The Balaban J connectivity index is 1.51. The van der Waals surface area contributed by atoms with Gasteiger partial charge in [-0.3, -0.25) is 9.36 Å². The topological polar surface area (TPSA) is 102 Å². The monoisotopic (exact) mass is 445 g/mol. The zero-order valence-corrected chi connectivity index (χ0v) is 18.5. The molecule has 0 aliphatic rings. The highest BCUT2D eigenvalue weighted by Gasteiger charge is 2.21. The Labute approximate surface area is 181 Å². The standard InChI is InChI=1S/C22H27N3O5S/c1-3-24(4-2)31(28,29)18-13-11-17(12-14-18)16-23-21(26)10-7-15-25-19-8-5-6-9-20(19)30-22(25)27/h5-6,8-9,11-14H,3-4,7,10,15-16H2,1-2H3,(H,23,26). The van der Waals surface area contributed by atoms with Crippen LogP contribution in [0.1, 0.15) is 32.3 Å². The highest BCUT2D eigenvalue weighted by Crippen LogP contribution is 2.16. The molecule has 31 heavy (non-hydrogen) atoms. The molecule has 166 valence electrons. The van der Waals surface area contributed by atoms with Gasteiger partial charge >= 0.3 is 5.76 Å². The molecule has 1 aromatic heterocycles. The maximum absolute atomic E-state index is 12.5. The molecule has 0 aliphatic carbocycles. The Hall–Kier alpha value is -2.91. The van der Waals surface area contributed by atoms with Crippen molar-refractivity contribution in [3.63, 3.8) is 0 Å². The molecule has 3 rings (SSSR count). The van der Waals surface area contributed by atoms with Gasteiger partial charge in [-0.15, -0.1) is 0 Å². The average Bonchev–Trinajstić information content (AvgIpc) is 3.08. The highest BCUT2D eigenvalue weighted by molar-refractivity contribution is 7.89. The summed E-state index contributed by atoms with van der Waals surface area (Å²) in [7, 11) is -3.49. The number of para-hydroxylation sites is 2. The number of amides is 1. The molecular formula is C22H27N3O5S. The van der Waals surface area contributed by atoms with Crippen LogP contribution in [0.25, 0.3) is 11.1 Å². The number of nitrogens with one attached hydrogen (secondary N) is 1. The van der Waals surface area contributed by atoms with Gasteiger partial charge in [-0.2, -0.15) is 4.31 Å². The van der Waals surface area contributed by atoms with Gasteiger partial charge in [0.15, 0.2) is 5.58 Å². The van der Waals surface area contributed by atoms with Crippen LogP contribution < -0.4 is 11.1 Å². The number of rotatable bonds is 10. The van der Waals surface area contributed by atoms with Crippen molar-refractivity contribution in [3.05, 3.63) is 64.6 Å².